The molecule has 0 amide bonds. The molecular weight excluding hydrogens is 351 g/mol. The summed E-state index contributed by atoms with van der Waals surface area (Å²) < 4.78 is 14.3. The lowest BCUT2D eigenvalue weighted by Crippen LogP contribution is -2.00. The molecule has 0 aliphatic rings. The number of benzene rings is 3. The Morgan fingerprint density at radius 3 is 2.57 bits per heavy atom. The van der Waals surface area contributed by atoms with Gasteiger partial charge in [0, 0.05) is 5.56 Å². The molecule has 0 fully saturated rings. The molecule has 1 atom stereocenters. The van der Waals surface area contributed by atoms with Crippen molar-refractivity contribution < 1.29 is 4.39 Å². The van der Waals surface area contributed by atoms with E-state index >= 15 is 0 Å². The van der Waals surface area contributed by atoms with Gasteiger partial charge in [0.25, 0.3) is 0 Å². The van der Waals surface area contributed by atoms with Crippen LogP contribution >= 0.6 is 27.5 Å². The molecule has 0 saturated carbocycles. The Hall–Kier alpha value is -1.38. The summed E-state index contributed by atoms with van der Waals surface area (Å²) in [4.78, 5) is -0.234. The van der Waals surface area contributed by atoms with Gasteiger partial charge in [-0.15, -0.1) is 0 Å². The lowest BCUT2D eigenvalue weighted by molar-refractivity contribution is 0.614. The lowest BCUT2D eigenvalue weighted by atomic mass is 9.94. The molecule has 0 aromatic heterocycles. The fraction of sp³-hybridized carbons (Fsp3) is 0.111. The molecule has 0 aliphatic carbocycles. The minimum Gasteiger partial charge on any atom is -0.205 e. The Labute approximate surface area is 136 Å². The van der Waals surface area contributed by atoms with Crippen molar-refractivity contribution in [3.05, 3.63) is 82.1 Å². The molecule has 3 rings (SSSR count). The Morgan fingerprint density at radius 2 is 1.76 bits per heavy atom. The van der Waals surface area contributed by atoms with Crippen LogP contribution < -0.4 is 0 Å². The van der Waals surface area contributed by atoms with Gasteiger partial charge >= 0.3 is 0 Å². The fourth-order valence-electron chi connectivity index (χ4n) is 2.61. The molecule has 0 heterocycles. The van der Waals surface area contributed by atoms with Crippen molar-refractivity contribution in [2.24, 2.45) is 0 Å². The third-order valence-corrected chi connectivity index (χ3v) is 4.94. The van der Waals surface area contributed by atoms with E-state index in [0.29, 0.717) is 5.56 Å². The maximum atomic E-state index is 14.3. The second-order valence-corrected chi connectivity index (χ2v) is 6.35. The largest absolute Gasteiger partial charge is 0.205 e. The maximum Gasteiger partial charge on any atom is 0.146 e. The average Bonchev–Trinajstić information content (AvgIpc) is 2.49. The van der Waals surface area contributed by atoms with Crippen LogP contribution in [0.1, 0.15) is 21.5 Å². The standard InChI is InChI=1S/C18H13BrClF/c1-11-9-10-12-5-2-3-6-13(12)16(11)17(19)14-7-4-8-15(20)18(14)21/h2-10,17H,1H3. The Bertz CT molecular complexity index is 813. The second-order valence-electron chi connectivity index (χ2n) is 5.02. The van der Waals surface area contributed by atoms with Gasteiger partial charge in [0.05, 0.1) is 9.85 Å². The van der Waals surface area contributed by atoms with Crippen LogP contribution in [0.15, 0.2) is 54.6 Å². The molecule has 0 radical (unpaired) electrons. The van der Waals surface area contributed by atoms with Crippen LogP contribution in [0, 0.1) is 12.7 Å². The van der Waals surface area contributed by atoms with E-state index in [2.05, 4.69) is 40.2 Å². The van der Waals surface area contributed by atoms with Gasteiger partial charge in [-0.2, -0.15) is 0 Å². The predicted molar refractivity (Wildman–Crippen MR) is 90.9 cm³/mol. The highest BCUT2D eigenvalue weighted by Gasteiger charge is 2.20. The number of halogens is 3. The summed E-state index contributed by atoms with van der Waals surface area (Å²) in [6.07, 6.45) is 0. The molecule has 0 aliphatic heterocycles. The lowest BCUT2D eigenvalue weighted by Gasteiger charge is -2.17. The first kappa shape index (κ1) is 14.6. The van der Waals surface area contributed by atoms with E-state index in [1.165, 1.54) is 0 Å². The molecule has 21 heavy (non-hydrogen) atoms. The van der Waals surface area contributed by atoms with Crippen LogP contribution in [0.25, 0.3) is 10.8 Å². The van der Waals surface area contributed by atoms with E-state index < -0.39 is 0 Å². The molecular formula is C18H13BrClF. The first-order valence-corrected chi connectivity index (χ1v) is 7.95. The van der Waals surface area contributed by atoms with Crippen LogP contribution in [0.4, 0.5) is 4.39 Å². The molecule has 0 saturated heterocycles. The van der Waals surface area contributed by atoms with Crippen LogP contribution in [-0.2, 0) is 0 Å². The number of alkyl halides is 1. The molecule has 0 spiro atoms. The summed E-state index contributed by atoms with van der Waals surface area (Å²) in [6.45, 7) is 2.04. The molecule has 3 aromatic rings. The highest BCUT2D eigenvalue weighted by atomic mass is 79.9. The predicted octanol–water partition coefficient (Wildman–Crippen LogP) is 6.43. The van der Waals surface area contributed by atoms with Crippen molar-refractivity contribution in [3.63, 3.8) is 0 Å². The van der Waals surface area contributed by atoms with Gasteiger partial charge in [-0.1, -0.05) is 76.1 Å². The van der Waals surface area contributed by atoms with Gasteiger partial charge in [0.15, 0.2) is 0 Å². The van der Waals surface area contributed by atoms with Crippen molar-refractivity contribution in [2.45, 2.75) is 11.8 Å². The Balaban J connectivity index is 2.24. The number of fused-ring (bicyclic) bond motifs is 1. The van der Waals surface area contributed by atoms with Crippen molar-refractivity contribution in [2.75, 3.05) is 0 Å². The first-order valence-electron chi connectivity index (χ1n) is 6.66. The van der Waals surface area contributed by atoms with E-state index in [-0.39, 0.29) is 15.7 Å². The Morgan fingerprint density at radius 1 is 1.00 bits per heavy atom. The zero-order valence-corrected chi connectivity index (χ0v) is 13.7. The quantitative estimate of drug-likeness (QED) is 0.460. The summed E-state index contributed by atoms with van der Waals surface area (Å²) >= 11 is 9.56. The van der Waals surface area contributed by atoms with Gasteiger partial charge in [-0.05, 0) is 34.9 Å². The third-order valence-electron chi connectivity index (χ3n) is 3.70. The summed E-state index contributed by atoms with van der Waals surface area (Å²) in [7, 11) is 0. The van der Waals surface area contributed by atoms with Gasteiger partial charge in [0.1, 0.15) is 5.82 Å². The van der Waals surface area contributed by atoms with Crippen molar-refractivity contribution in [3.8, 4) is 0 Å². The van der Waals surface area contributed by atoms with Crippen molar-refractivity contribution >= 4 is 38.3 Å². The average molecular weight is 364 g/mol. The normalized spacial score (nSPS) is 12.6. The SMILES string of the molecule is Cc1ccc2ccccc2c1C(Br)c1cccc(Cl)c1F. The minimum absolute atomic E-state index is 0.148. The highest BCUT2D eigenvalue weighted by molar-refractivity contribution is 9.09. The molecule has 0 bridgehead atoms. The van der Waals surface area contributed by atoms with E-state index in [9.17, 15) is 4.39 Å². The number of hydrogen-bond acceptors (Lipinski definition) is 0. The van der Waals surface area contributed by atoms with Gasteiger partial charge in [-0.25, -0.2) is 4.39 Å². The molecule has 106 valence electrons. The van der Waals surface area contributed by atoms with Crippen molar-refractivity contribution in [1.29, 1.82) is 0 Å². The van der Waals surface area contributed by atoms with Crippen LogP contribution in [0.5, 0.6) is 0 Å². The summed E-state index contributed by atoms with van der Waals surface area (Å²) in [5.74, 6) is -0.367. The fourth-order valence-corrected chi connectivity index (χ4v) is 3.76. The van der Waals surface area contributed by atoms with Crippen LogP contribution in [-0.4, -0.2) is 0 Å². The highest BCUT2D eigenvalue weighted by Crippen LogP contribution is 2.39. The monoisotopic (exact) mass is 362 g/mol. The molecule has 1 unspecified atom stereocenters. The van der Waals surface area contributed by atoms with Gasteiger partial charge < -0.3 is 0 Å². The van der Waals surface area contributed by atoms with Crippen molar-refractivity contribution in [1.82, 2.24) is 0 Å². The molecule has 0 nitrogen and oxygen atoms in total. The maximum absolute atomic E-state index is 14.3. The smallest absolute Gasteiger partial charge is 0.146 e. The molecule has 0 N–H and O–H groups in total. The zero-order chi connectivity index (χ0) is 15.0. The van der Waals surface area contributed by atoms with Gasteiger partial charge in [0.2, 0.25) is 0 Å². The zero-order valence-electron chi connectivity index (χ0n) is 11.4. The number of hydrogen-bond donors (Lipinski definition) is 0. The summed E-state index contributed by atoms with van der Waals surface area (Å²) in [5.41, 5.74) is 2.76. The van der Waals surface area contributed by atoms with E-state index in [4.69, 9.17) is 11.6 Å². The minimum atomic E-state index is -0.367. The van der Waals surface area contributed by atoms with Gasteiger partial charge in [-0.3, -0.25) is 0 Å². The van der Waals surface area contributed by atoms with Crippen LogP contribution in [0.2, 0.25) is 5.02 Å². The number of rotatable bonds is 2. The van der Waals surface area contributed by atoms with E-state index in [1.54, 1.807) is 18.2 Å². The topological polar surface area (TPSA) is 0 Å². The molecule has 3 heteroatoms. The number of aryl methyl sites for hydroxylation is 1. The Kier molecular flexibility index (Phi) is 4.01. The molecule has 3 aromatic carbocycles. The van der Waals surface area contributed by atoms with E-state index in [0.717, 1.165) is 21.9 Å². The van der Waals surface area contributed by atoms with Crippen LogP contribution in [0.3, 0.4) is 0 Å². The van der Waals surface area contributed by atoms with E-state index in [1.807, 2.05) is 19.1 Å². The summed E-state index contributed by atoms with van der Waals surface area (Å²) in [5, 5.41) is 2.42. The second kappa shape index (κ2) is 5.78. The first-order chi connectivity index (χ1) is 10.1. The summed E-state index contributed by atoms with van der Waals surface area (Å²) in [6, 6.07) is 17.4. The third kappa shape index (κ3) is 2.58.